The molecule has 0 heterocycles. The van der Waals surface area contributed by atoms with Gasteiger partial charge in [-0.3, -0.25) is 0 Å². The van der Waals surface area contributed by atoms with E-state index >= 15 is 0 Å². The monoisotopic (exact) mass is 302 g/mol. The smallest absolute Gasteiger partial charge is 0.126 e. The number of aldehydes is 1. The minimum atomic E-state index is -0.581. The SMILES string of the molecule is C=C1C[C@@]23CC[C@H]4[C@@](C)(CCC[C@@]4(C)C=O)[C@@H]2CC[C@]1(O)C3. The van der Waals surface area contributed by atoms with Crippen LogP contribution >= 0.6 is 0 Å². The van der Waals surface area contributed by atoms with Gasteiger partial charge in [0.05, 0.1) is 5.60 Å². The molecule has 0 amide bonds. The third-order valence-electron chi connectivity index (χ3n) is 8.47. The highest BCUT2D eigenvalue weighted by atomic mass is 16.3. The predicted octanol–water partition coefficient (Wildman–Crippen LogP) is 4.27. The number of aliphatic hydroxyl groups is 1. The second-order valence-corrected chi connectivity index (χ2v) is 9.52. The summed E-state index contributed by atoms with van der Waals surface area (Å²) >= 11 is 0. The summed E-state index contributed by atoms with van der Waals surface area (Å²) in [4.78, 5) is 11.8. The first kappa shape index (κ1) is 14.9. The van der Waals surface area contributed by atoms with Gasteiger partial charge in [0.25, 0.3) is 0 Å². The van der Waals surface area contributed by atoms with Crippen molar-refractivity contribution in [3.63, 3.8) is 0 Å². The molecule has 22 heavy (non-hydrogen) atoms. The van der Waals surface area contributed by atoms with Crippen molar-refractivity contribution in [2.45, 2.75) is 77.2 Å². The average molecular weight is 302 g/mol. The second-order valence-electron chi connectivity index (χ2n) is 9.52. The van der Waals surface area contributed by atoms with E-state index in [1.54, 1.807) is 0 Å². The third kappa shape index (κ3) is 1.63. The van der Waals surface area contributed by atoms with Crippen LogP contribution in [0.1, 0.15) is 71.6 Å². The van der Waals surface area contributed by atoms with Crippen LogP contribution in [0.2, 0.25) is 0 Å². The molecule has 6 atom stereocenters. The minimum Gasteiger partial charge on any atom is -0.386 e. The highest BCUT2D eigenvalue weighted by Crippen LogP contribution is 2.72. The van der Waals surface area contributed by atoms with Gasteiger partial charge in [0.2, 0.25) is 0 Å². The first-order valence-corrected chi connectivity index (χ1v) is 9.15. The molecule has 0 aromatic heterocycles. The zero-order chi connectivity index (χ0) is 15.8. The van der Waals surface area contributed by atoms with Crippen molar-refractivity contribution in [2.75, 3.05) is 0 Å². The molecule has 4 saturated carbocycles. The average Bonchev–Trinajstić information content (AvgIpc) is 2.64. The maximum Gasteiger partial charge on any atom is 0.126 e. The van der Waals surface area contributed by atoms with Gasteiger partial charge in [-0.05, 0) is 79.6 Å². The van der Waals surface area contributed by atoms with Crippen molar-refractivity contribution in [3.05, 3.63) is 12.2 Å². The summed E-state index contributed by atoms with van der Waals surface area (Å²) in [6, 6.07) is 0. The Morgan fingerprint density at radius 3 is 2.59 bits per heavy atom. The molecule has 2 bridgehead atoms. The van der Waals surface area contributed by atoms with Gasteiger partial charge in [-0.15, -0.1) is 0 Å². The van der Waals surface area contributed by atoms with Crippen molar-refractivity contribution in [1.82, 2.24) is 0 Å². The molecule has 0 aromatic rings. The summed E-state index contributed by atoms with van der Waals surface area (Å²) in [5.74, 6) is 1.19. The largest absolute Gasteiger partial charge is 0.386 e. The van der Waals surface area contributed by atoms with E-state index in [2.05, 4.69) is 20.4 Å². The van der Waals surface area contributed by atoms with Crippen molar-refractivity contribution in [3.8, 4) is 0 Å². The van der Waals surface area contributed by atoms with Crippen molar-refractivity contribution >= 4 is 6.29 Å². The molecule has 1 N–H and O–H groups in total. The lowest BCUT2D eigenvalue weighted by atomic mass is 9.41. The summed E-state index contributed by atoms with van der Waals surface area (Å²) in [6.07, 6.45) is 11.1. The molecule has 0 unspecified atom stereocenters. The lowest BCUT2D eigenvalue weighted by Gasteiger charge is -2.63. The number of rotatable bonds is 1. The Labute approximate surface area is 134 Å². The summed E-state index contributed by atoms with van der Waals surface area (Å²) in [6.45, 7) is 8.89. The zero-order valence-corrected chi connectivity index (χ0v) is 14.2. The fourth-order valence-electron chi connectivity index (χ4n) is 7.54. The van der Waals surface area contributed by atoms with Gasteiger partial charge in [0, 0.05) is 5.41 Å². The van der Waals surface area contributed by atoms with Crippen LogP contribution in [0.3, 0.4) is 0 Å². The van der Waals surface area contributed by atoms with Gasteiger partial charge in [-0.1, -0.05) is 26.8 Å². The Balaban J connectivity index is 1.75. The highest BCUT2D eigenvalue weighted by molar-refractivity contribution is 5.60. The van der Waals surface area contributed by atoms with E-state index in [1.165, 1.54) is 25.5 Å². The Morgan fingerprint density at radius 1 is 1.14 bits per heavy atom. The molecule has 2 heteroatoms. The fourth-order valence-corrected chi connectivity index (χ4v) is 7.54. The van der Waals surface area contributed by atoms with Crippen LogP contribution in [-0.2, 0) is 4.79 Å². The van der Waals surface area contributed by atoms with Crippen LogP contribution in [0.25, 0.3) is 0 Å². The van der Waals surface area contributed by atoms with E-state index in [1.807, 2.05) is 0 Å². The molecule has 1 spiro atoms. The van der Waals surface area contributed by atoms with E-state index in [9.17, 15) is 9.90 Å². The van der Waals surface area contributed by atoms with E-state index in [4.69, 9.17) is 0 Å². The molecule has 0 radical (unpaired) electrons. The van der Waals surface area contributed by atoms with Gasteiger partial charge in [0.15, 0.2) is 0 Å². The summed E-state index contributed by atoms with van der Waals surface area (Å²) in [5, 5.41) is 10.9. The van der Waals surface area contributed by atoms with Crippen LogP contribution in [0.4, 0.5) is 0 Å². The highest BCUT2D eigenvalue weighted by Gasteiger charge is 2.66. The first-order chi connectivity index (χ1) is 10.3. The topological polar surface area (TPSA) is 37.3 Å². The molecule has 4 aliphatic rings. The van der Waals surface area contributed by atoms with Gasteiger partial charge >= 0.3 is 0 Å². The van der Waals surface area contributed by atoms with Crippen molar-refractivity contribution < 1.29 is 9.90 Å². The quantitative estimate of drug-likeness (QED) is 0.580. The van der Waals surface area contributed by atoms with Gasteiger partial charge < -0.3 is 9.90 Å². The van der Waals surface area contributed by atoms with E-state index in [0.29, 0.717) is 11.8 Å². The van der Waals surface area contributed by atoms with E-state index in [-0.39, 0.29) is 16.2 Å². The molecule has 122 valence electrons. The van der Waals surface area contributed by atoms with Gasteiger partial charge in [-0.25, -0.2) is 0 Å². The van der Waals surface area contributed by atoms with E-state index < -0.39 is 5.60 Å². The van der Waals surface area contributed by atoms with Gasteiger partial charge in [0.1, 0.15) is 6.29 Å². The van der Waals surface area contributed by atoms with Crippen LogP contribution in [0, 0.1) is 28.1 Å². The van der Waals surface area contributed by atoms with Crippen LogP contribution < -0.4 is 0 Å². The standard InChI is InChI=1S/C20H30O2/c1-14-11-19-9-5-15-17(2,13-21)7-4-8-18(15,3)16(19)6-10-20(14,22)12-19/h13,15-16,22H,1,4-12H2,2-3H3/t15-,16+,17+,18-,19-,20+/m1/s1. The number of fused-ring (bicyclic) bond motifs is 3. The fraction of sp³-hybridized carbons (Fsp3) is 0.850. The predicted molar refractivity (Wildman–Crippen MR) is 87.3 cm³/mol. The van der Waals surface area contributed by atoms with Crippen LogP contribution in [-0.4, -0.2) is 17.0 Å². The number of carbonyl (C=O) groups excluding carboxylic acids is 1. The molecule has 0 aliphatic heterocycles. The van der Waals surface area contributed by atoms with E-state index in [0.717, 1.165) is 44.1 Å². The molecule has 0 saturated heterocycles. The number of hydrogen-bond donors (Lipinski definition) is 1. The van der Waals surface area contributed by atoms with Crippen molar-refractivity contribution in [2.24, 2.45) is 28.1 Å². The maximum atomic E-state index is 11.8. The summed E-state index contributed by atoms with van der Waals surface area (Å²) in [7, 11) is 0. The Bertz CT molecular complexity index is 540. The molecule has 2 nitrogen and oxygen atoms in total. The third-order valence-corrected chi connectivity index (χ3v) is 8.47. The molecular weight excluding hydrogens is 272 g/mol. The maximum absolute atomic E-state index is 11.8. The number of carbonyl (C=O) groups is 1. The second kappa shape index (κ2) is 4.26. The Kier molecular flexibility index (Phi) is 2.89. The first-order valence-electron chi connectivity index (χ1n) is 9.15. The van der Waals surface area contributed by atoms with Crippen LogP contribution in [0.15, 0.2) is 12.2 Å². The molecule has 0 aromatic carbocycles. The van der Waals surface area contributed by atoms with Crippen LogP contribution in [0.5, 0.6) is 0 Å². The zero-order valence-electron chi connectivity index (χ0n) is 14.2. The summed E-state index contributed by atoms with van der Waals surface area (Å²) in [5.41, 5.74) is 0.931. The lowest BCUT2D eigenvalue weighted by Crippen LogP contribution is -2.57. The number of hydrogen-bond acceptors (Lipinski definition) is 2. The lowest BCUT2D eigenvalue weighted by molar-refractivity contribution is -0.166. The molecule has 4 fully saturated rings. The minimum absolute atomic E-state index is 0.127. The normalized spacial score (nSPS) is 57.1. The Hall–Kier alpha value is -0.630. The van der Waals surface area contributed by atoms with Gasteiger partial charge in [-0.2, -0.15) is 0 Å². The Morgan fingerprint density at radius 2 is 1.86 bits per heavy atom. The van der Waals surface area contributed by atoms with Crippen molar-refractivity contribution in [1.29, 1.82) is 0 Å². The molecule has 4 rings (SSSR count). The molecular formula is C20H30O2. The summed E-state index contributed by atoms with van der Waals surface area (Å²) < 4.78 is 0. The molecule has 4 aliphatic carbocycles.